The number of benzene rings is 1. The molecular formula is C14H17ClFN3. The molecule has 0 saturated carbocycles. The van der Waals surface area contributed by atoms with Crippen LogP contribution in [0.4, 0.5) is 4.39 Å². The Hall–Kier alpha value is -1.39. The molecule has 1 aromatic heterocycles. The molecule has 2 aromatic rings. The lowest BCUT2D eigenvalue weighted by molar-refractivity contribution is 0.558. The number of rotatable bonds is 5. The first-order valence-corrected chi connectivity index (χ1v) is 6.73. The minimum atomic E-state index is -0.248. The van der Waals surface area contributed by atoms with Crippen LogP contribution in [0.1, 0.15) is 31.9 Å². The maximum atomic E-state index is 13.5. The molecule has 0 aliphatic carbocycles. The molecule has 0 saturated heterocycles. The van der Waals surface area contributed by atoms with Crippen LogP contribution in [0.5, 0.6) is 0 Å². The highest BCUT2D eigenvalue weighted by molar-refractivity contribution is 6.30. The maximum Gasteiger partial charge on any atom is 0.123 e. The van der Waals surface area contributed by atoms with E-state index >= 15 is 0 Å². The Kier molecular flexibility index (Phi) is 4.56. The van der Waals surface area contributed by atoms with E-state index in [0.29, 0.717) is 5.02 Å². The minimum absolute atomic E-state index is 0.0497. The van der Waals surface area contributed by atoms with Crippen molar-refractivity contribution in [2.24, 2.45) is 0 Å². The quantitative estimate of drug-likeness (QED) is 0.905. The lowest BCUT2D eigenvalue weighted by Gasteiger charge is -2.17. The van der Waals surface area contributed by atoms with E-state index < -0.39 is 0 Å². The monoisotopic (exact) mass is 281 g/mol. The van der Waals surface area contributed by atoms with Crippen LogP contribution in [0.25, 0.3) is 5.69 Å². The fourth-order valence-corrected chi connectivity index (χ4v) is 2.12. The first kappa shape index (κ1) is 14.0. The number of aromatic nitrogens is 2. The van der Waals surface area contributed by atoms with Crippen molar-refractivity contribution in [2.75, 3.05) is 6.54 Å². The van der Waals surface area contributed by atoms with Crippen molar-refractivity contribution < 1.29 is 4.39 Å². The lowest BCUT2D eigenvalue weighted by Crippen LogP contribution is -2.21. The Morgan fingerprint density at radius 2 is 2.26 bits per heavy atom. The molecule has 0 aliphatic heterocycles. The van der Waals surface area contributed by atoms with Crippen LogP contribution in [0.3, 0.4) is 0 Å². The molecule has 19 heavy (non-hydrogen) atoms. The summed E-state index contributed by atoms with van der Waals surface area (Å²) < 4.78 is 15.1. The molecule has 1 aromatic carbocycles. The summed E-state index contributed by atoms with van der Waals surface area (Å²) in [6, 6.07) is 4.74. The number of nitrogens with one attached hydrogen (secondary N) is 1. The summed E-state index contributed by atoms with van der Waals surface area (Å²) >= 11 is 5.88. The number of hydrogen-bond donors (Lipinski definition) is 1. The molecule has 0 spiro atoms. The molecule has 1 unspecified atom stereocenters. The van der Waals surface area contributed by atoms with Gasteiger partial charge in [-0.1, -0.05) is 18.5 Å². The summed E-state index contributed by atoms with van der Waals surface area (Å²) in [5.74, 6) is -0.248. The fourth-order valence-electron chi connectivity index (χ4n) is 1.98. The Morgan fingerprint density at radius 1 is 1.47 bits per heavy atom. The Balaban J connectivity index is 2.37. The SMILES string of the molecule is CCCNC(C)c1cc(F)ccc1-n1cc(Cl)cn1. The zero-order valence-electron chi connectivity index (χ0n) is 11.0. The molecule has 2 rings (SSSR count). The molecule has 1 atom stereocenters. The van der Waals surface area contributed by atoms with Crippen molar-refractivity contribution in [3.05, 3.63) is 47.0 Å². The lowest BCUT2D eigenvalue weighted by atomic mass is 10.1. The first-order chi connectivity index (χ1) is 9.11. The third-order valence-electron chi connectivity index (χ3n) is 2.95. The van der Waals surface area contributed by atoms with E-state index in [0.717, 1.165) is 24.2 Å². The van der Waals surface area contributed by atoms with E-state index in [9.17, 15) is 4.39 Å². The second-order valence-corrected chi connectivity index (χ2v) is 4.92. The summed E-state index contributed by atoms with van der Waals surface area (Å²) in [5.41, 5.74) is 1.71. The van der Waals surface area contributed by atoms with E-state index in [1.54, 1.807) is 23.1 Å². The molecule has 0 radical (unpaired) electrons. The summed E-state index contributed by atoms with van der Waals surface area (Å²) in [5, 5.41) is 8.09. The Bertz CT molecular complexity index is 553. The van der Waals surface area contributed by atoms with Crippen molar-refractivity contribution in [3.8, 4) is 5.69 Å². The second-order valence-electron chi connectivity index (χ2n) is 4.48. The van der Waals surface area contributed by atoms with Crippen LogP contribution in [-0.4, -0.2) is 16.3 Å². The smallest absolute Gasteiger partial charge is 0.123 e. The Morgan fingerprint density at radius 3 is 2.89 bits per heavy atom. The normalized spacial score (nSPS) is 12.6. The third-order valence-corrected chi connectivity index (χ3v) is 3.15. The molecule has 0 fully saturated rings. The van der Waals surface area contributed by atoms with E-state index in [1.165, 1.54) is 12.1 Å². The first-order valence-electron chi connectivity index (χ1n) is 6.35. The highest BCUT2D eigenvalue weighted by Gasteiger charge is 2.13. The largest absolute Gasteiger partial charge is 0.310 e. The zero-order valence-corrected chi connectivity index (χ0v) is 11.8. The van der Waals surface area contributed by atoms with Gasteiger partial charge in [0.2, 0.25) is 0 Å². The summed E-state index contributed by atoms with van der Waals surface area (Å²) in [6.07, 6.45) is 4.31. The molecule has 0 aliphatic rings. The van der Waals surface area contributed by atoms with Crippen molar-refractivity contribution in [3.63, 3.8) is 0 Å². The molecule has 1 heterocycles. The van der Waals surface area contributed by atoms with Gasteiger partial charge < -0.3 is 5.32 Å². The molecular weight excluding hydrogens is 265 g/mol. The van der Waals surface area contributed by atoms with Crippen molar-refractivity contribution in [1.82, 2.24) is 15.1 Å². The van der Waals surface area contributed by atoms with Crippen molar-refractivity contribution >= 4 is 11.6 Å². The van der Waals surface area contributed by atoms with Crippen LogP contribution in [0.2, 0.25) is 5.02 Å². The number of nitrogens with zero attached hydrogens (tertiary/aromatic N) is 2. The molecule has 5 heteroatoms. The van der Waals surface area contributed by atoms with Gasteiger partial charge in [-0.3, -0.25) is 0 Å². The van der Waals surface area contributed by atoms with E-state index in [4.69, 9.17) is 11.6 Å². The standard InChI is InChI=1S/C14H17ClFN3/c1-3-6-17-10(2)13-7-12(16)4-5-14(13)19-9-11(15)8-18-19/h4-5,7-10,17H,3,6H2,1-2H3. The van der Waals surface area contributed by atoms with Gasteiger partial charge in [0.25, 0.3) is 0 Å². The van der Waals surface area contributed by atoms with Gasteiger partial charge in [-0.15, -0.1) is 0 Å². The molecule has 1 N–H and O–H groups in total. The maximum absolute atomic E-state index is 13.5. The van der Waals surface area contributed by atoms with Crippen molar-refractivity contribution in [2.45, 2.75) is 26.3 Å². The summed E-state index contributed by atoms with van der Waals surface area (Å²) in [4.78, 5) is 0. The van der Waals surface area contributed by atoms with Crippen LogP contribution >= 0.6 is 11.6 Å². The Labute approximate surface area is 117 Å². The highest BCUT2D eigenvalue weighted by Crippen LogP contribution is 2.23. The predicted molar refractivity (Wildman–Crippen MR) is 75.2 cm³/mol. The number of halogens is 2. The van der Waals surface area contributed by atoms with Gasteiger partial charge >= 0.3 is 0 Å². The second kappa shape index (κ2) is 6.17. The van der Waals surface area contributed by atoms with Gasteiger partial charge in [0.15, 0.2) is 0 Å². The van der Waals surface area contributed by atoms with Gasteiger partial charge in [-0.25, -0.2) is 9.07 Å². The fraction of sp³-hybridized carbons (Fsp3) is 0.357. The van der Waals surface area contributed by atoms with Gasteiger partial charge in [0.1, 0.15) is 5.82 Å². The zero-order chi connectivity index (χ0) is 13.8. The van der Waals surface area contributed by atoms with Crippen LogP contribution in [-0.2, 0) is 0 Å². The molecule has 0 amide bonds. The summed E-state index contributed by atoms with van der Waals surface area (Å²) in [7, 11) is 0. The average Bonchev–Trinajstić information content (AvgIpc) is 2.82. The van der Waals surface area contributed by atoms with Gasteiger partial charge in [0.05, 0.1) is 16.9 Å². The molecule has 102 valence electrons. The average molecular weight is 282 g/mol. The van der Waals surface area contributed by atoms with Gasteiger partial charge in [-0.05, 0) is 43.7 Å². The van der Waals surface area contributed by atoms with E-state index in [-0.39, 0.29) is 11.9 Å². The summed E-state index contributed by atoms with van der Waals surface area (Å²) in [6.45, 7) is 5.00. The van der Waals surface area contributed by atoms with Gasteiger partial charge in [-0.2, -0.15) is 5.10 Å². The van der Waals surface area contributed by atoms with Crippen LogP contribution < -0.4 is 5.32 Å². The predicted octanol–water partition coefficient (Wildman–Crippen LogP) is 3.73. The highest BCUT2D eigenvalue weighted by atomic mass is 35.5. The van der Waals surface area contributed by atoms with Crippen LogP contribution in [0.15, 0.2) is 30.6 Å². The third kappa shape index (κ3) is 3.33. The minimum Gasteiger partial charge on any atom is -0.310 e. The molecule has 3 nitrogen and oxygen atoms in total. The number of hydrogen-bond acceptors (Lipinski definition) is 2. The van der Waals surface area contributed by atoms with Gasteiger partial charge in [0, 0.05) is 12.2 Å². The van der Waals surface area contributed by atoms with Crippen LogP contribution in [0, 0.1) is 5.82 Å². The van der Waals surface area contributed by atoms with E-state index in [1.807, 2.05) is 6.92 Å². The van der Waals surface area contributed by atoms with Crippen molar-refractivity contribution in [1.29, 1.82) is 0 Å². The topological polar surface area (TPSA) is 29.9 Å². The van der Waals surface area contributed by atoms with E-state index in [2.05, 4.69) is 17.3 Å². The molecule has 0 bridgehead atoms.